The van der Waals surface area contributed by atoms with Crippen LogP contribution in [-0.2, 0) is 22.4 Å². The van der Waals surface area contributed by atoms with Gasteiger partial charge in [-0.3, -0.25) is 19.3 Å². The molecule has 1 N–H and O–H groups in total. The van der Waals surface area contributed by atoms with Crippen molar-refractivity contribution in [3.8, 4) is 5.75 Å². The minimum Gasteiger partial charge on any atom is -0.489 e. The van der Waals surface area contributed by atoms with Crippen molar-refractivity contribution in [3.63, 3.8) is 0 Å². The number of anilines is 1. The predicted octanol–water partition coefficient (Wildman–Crippen LogP) is 6.71. The van der Waals surface area contributed by atoms with Gasteiger partial charge in [0.1, 0.15) is 12.4 Å². The van der Waals surface area contributed by atoms with Gasteiger partial charge in [0.15, 0.2) is 0 Å². The molecule has 2 bridgehead atoms. The zero-order valence-corrected chi connectivity index (χ0v) is 24.6. The molecule has 44 heavy (non-hydrogen) atoms. The summed E-state index contributed by atoms with van der Waals surface area (Å²) in [5, 5.41) is 0.758. The average molecular weight is 635 g/mol. The maximum absolute atomic E-state index is 13.9. The summed E-state index contributed by atoms with van der Waals surface area (Å²) in [6.45, 7) is 0.399. The number of aromatic amines is 1. The Balaban J connectivity index is 1.15. The number of thioether (sulfide) groups is 1. The van der Waals surface area contributed by atoms with E-state index in [4.69, 9.17) is 4.74 Å². The molecule has 3 aromatic carbocycles. The fourth-order valence-electron chi connectivity index (χ4n) is 8.00. The molecule has 0 spiro atoms. The number of thiazole rings is 1. The molecule has 11 heteroatoms. The number of H-pyrrole nitrogens is 1. The van der Waals surface area contributed by atoms with Crippen LogP contribution in [0.2, 0.25) is 0 Å². The van der Waals surface area contributed by atoms with Crippen LogP contribution in [0.4, 0.5) is 18.9 Å². The van der Waals surface area contributed by atoms with Gasteiger partial charge in [-0.1, -0.05) is 59.9 Å². The largest absolute Gasteiger partial charge is 0.489 e. The Kier molecular flexibility index (Phi) is 6.36. The maximum atomic E-state index is 13.9. The minimum absolute atomic E-state index is 0.0314. The third-order valence-corrected chi connectivity index (χ3v) is 12.2. The van der Waals surface area contributed by atoms with Gasteiger partial charge >= 0.3 is 11.0 Å². The lowest BCUT2D eigenvalue weighted by Gasteiger charge is -2.43. The smallest absolute Gasteiger partial charge is 0.416 e. The van der Waals surface area contributed by atoms with Crippen LogP contribution in [0.25, 0.3) is 0 Å². The number of nitrogens with zero attached hydrogens (tertiary/aromatic N) is 1. The van der Waals surface area contributed by atoms with E-state index in [1.54, 1.807) is 11.8 Å². The predicted molar refractivity (Wildman–Crippen MR) is 160 cm³/mol. The van der Waals surface area contributed by atoms with Crippen LogP contribution in [0, 0.1) is 29.6 Å². The number of rotatable bonds is 5. The molecule has 0 radical (unpaired) electrons. The molecule has 3 fully saturated rings. The van der Waals surface area contributed by atoms with Gasteiger partial charge in [0.2, 0.25) is 11.8 Å². The Morgan fingerprint density at radius 3 is 2.41 bits per heavy atom. The molecule has 8 rings (SSSR count). The van der Waals surface area contributed by atoms with Crippen LogP contribution >= 0.6 is 23.1 Å². The molecule has 1 aromatic heterocycles. The van der Waals surface area contributed by atoms with Crippen molar-refractivity contribution in [1.29, 1.82) is 0 Å². The van der Waals surface area contributed by atoms with Crippen molar-refractivity contribution in [2.75, 3.05) is 4.90 Å². The number of alkyl halides is 3. The second-order valence-corrected chi connectivity index (χ2v) is 14.1. The monoisotopic (exact) mass is 634 g/mol. The van der Waals surface area contributed by atoms with Crippen molar-refractivity contribution in [2.24, 2.45) is 29.6 Å². The van der Waals surface area contributed by atoms with E-state index >= 15 is 0 Å². The number of hydrogen-bond donors (Lipinski definition) is 1. The summed E-state index contributed by atoms with van der Waals surface area (Å²) in [7, 11) is 0. The van der Waals surface area contributed by atoms with Gasteiger partial charge < -0.3 is 9.72 Å². The first-order valence-corrected chi connectivity index (χ1v) is 16.1. The number of ether oxygens (including phenoxy) is 1. The van der Waals surface area contributed by atoms with Crippen molar-refractivity contribution >= 4 is 40.6 Å². The molecule has 2 amide bonds. The number of amides is 2. The van der Waals surface area contributed by atoms with E-state index in [1.165, 1.54) is 23.5 Å². The molecule has 4 aromatic rings. The van der Waals surface area contributed by atoms with Crippen molar-refractivity contribution in [3.05, 3.63) is 110 Å². The third kappa shape index (κ3) is 4.27. The van der Waals surface area contributed by atoms with E-state index < -0.39 is 35.4 Å². The molecular weight excluding hydrogens is 610 g/mol. The molecule has 2 saturated carbocycles. The van der Waals surface area contributed by atoms with Gasteiger partial charge in [-0.15, -0.1) is 11.8 Å². The molecule has 6 nitrogen and oxygen atoms in total. The standard InChI is InChI=1S/C33H25F3N2O4S2/c34-33(35,36)18-9-5-10-19(13-18)38-30(39)25-21-14-22(26(25)31(38)40)27-24(21)23(28-29(43-27)37-32(41)44-28)17-8-4-11-20(12-17)42-15-16-6-2-1-3-7-16/h1-13,21-27H,14-15H2,(H,37,41)/t21-,22-,23+,24+,25+,26+,27-/m1/s1. The number of fused-ring (bicyclic) bond motifs is 9. The molecule has 0 unspecified atom stereocenters. The highest BCUT2D eigenvalue weighted by molar-refractivity contribution is 8.00. The highest BCUT2D eigenvalue weighted by Crippen LogP contribution is 2.68. The Morgan fingerprint density at radius 2 is 1.64 bits per heavy atom. The van der Waals surface area contributed by atoms with Gasteiger partial charge in [0, 0.05) is 16.0 Å². The van der Waals surface area contributed by atoms with E-state index in [2.05, 4.69) is 4.98 Å². The van der Waals surface area contributed by atoms with Crippen LogP contribution in [0.5, 0.6) is 5.75 Å². The number of benzene rings is 3. The Hall–Kier alpha value is -3.83. The zero-order chi connectivity index (χ0) is 30.3. The summed E-state index contributed by atoms with van der Waals surface area (Å²) in [5.74, 6) is -1.89. The number of carbonyl (C=O) groups excluding carboxylic acids is 2. The molecule has 224 valence electrons. The van der Waals surface area contributed by atoms with E-state index in [0.29, 0.717) is 18.8 Å². The topological polar surface area (TPSA) is 79.5 Å². The fraction of sp³-hybridized carbons (Fsp3) is 0.303. The lowest BCUT2D eigenvalue weighted by atomic mass is 9.68. The highest BCUT2D eigenvalue weighted by Gasteiger charge is 2.69. The summed E-state index contributed by atoms with van der Waals surface area (Å²) in [5.41, 5.74) is 1.07. The Labute approximate surface area is 258 Å². The van der Waals surface area contributed by atoms with Gasteiger partial charge in [0.05, 0.1) is 28.1 Å². The van der Waals surface area contributed by atoms with Gasteiger partial charge in [-0.05, 0) is 65.6 Å². The van der Waals surface area contributed by atoms with Gasteiger partial charge in [-0.2, -0.15) is 13.2 Å². The SMILES string of the molecule is O=C1[C@H]2[C@H]3C[C@@H]([C@@H]2C(=O)N1c1cccc(C(F)(F)F)c1)[C@H]1[C@H](c2cccc(OCc4ccccc4)c2)c2sc(=O)[nH]c2S[C@H]31. The second-order valence-electron chi connectivity index (χ2n) is 11.9. The highest BCUT2D eigenvalue weighted by atomic mass is 32.2. The first kappa shape index (κ1) is 27.7. The Morgan fingerprint density at radius 1 is 0.886 bits per heavy atom. The molecule has 4 aliphatic rings. The number of nitrogens with one attached hydrogen (secondary N) is 1. The Bertz CT molecular complexity index is 1860. The second kappa shape index (κ2) is 10.1. The summed E-state index contributed by atoms with van der Waals surface area (Å²) in [6.07, 6.45) is -3.91. The first-order chi connectivity index (χ1) is 21.2. The lowest BCUT2D eigenvalue weighted by Crippen LogP contribution is -2.42. The van der Waals surface area contributed by atoms with Crippen LogP contribution in [0.15, 0.2) is 88.7 Å². The summed E-state index contributed by atoms with van der Waals surface area (Å²) in [6, 6.07) is 22.1. The molecular formula is C33H25F3N2O4S2. The van der Waals surface area contributed by atoms with Crippen LogP contribution in [-0.4, -0.2) is 22.0 Å². The first-order valence-electron chi connectivity index (χ1n) is 14.4. The molecule has 1 saturated heterocycles. The van der Waals surface area contributed by atoms with Gasteiger partial charge in [0.25, 0.3) is 0 Å². The maximum Gasteiger partial charge on any atom is 0.416 e. The van der Waals surface area contributed by atoms with Crippen molar-refractivity contribution < 1.29 is 27.5 Å². The van der Waals surface area contributed by atoms with Crippen LogP contribution < -0.4 is 14.5 Å². The van der Waals surface area contributed by atoms with E-state index in [9.17, 15) is 27.6 Å². The number of hydrogen-bond acceptors (Lipinski definition) is 6. The number of imide groups is 1. The quantitative estimate of drug-likeness (QED) is 0.247. The molecule has 7 atom stereocenters. The number of aromatic nitrogens is 1. The number of carbonyl (C=O) groups is 2. The zero-order valence-electron chi connectivity index (χ0n) is 23.0. The summed E-state index contributed by atoms with van der Waals surface area (Å²) >= 11 is 2.74. The summed E-state index contributed by atoms with van der Waals surface area (Å²) < 4.78 is 46.6. The van der Waals surface area contributed by atoms with Crippen molar-refractivity contribution in [1.82, 2.24) is 4.98 Å². The summed E-state index contributed by atoms with van der Waals surface area (Å²) in [4.78, 5) is 45.1. The van der Waals surface area contributed by atoms with Crippen molar-refractivity contribution in [2.45, 2.75) is 35.4 Å². The molecule has 2 aliphatic carbocycles. The van der Waals surface area contributed by atoms with Gasteiger partial charge in [-0.25, -0.2) is 0 Å². The molecule has 3 heterocycles. The van der Waals surface area contributed by atoms with E-state index in [-0.39, 0.29) is 39.5 Å². The lowest BCUT2D eigenvalue weighted by molar-refractivity contribution is -0.137. The van der Waals surface area contributed by atoms with E-state index in [0.717, 1.165) is 38.1 Å². The number of halogens is 3. The third-order valence-electron chi connectivity index (χ3n) is 9.62. The van der Waals surface area contributed by atoms with Crippen LogP contribution in [0.1, 0.15) is 33.9 Å². The van der Waals surface area contributed by atoms with Crippen LogP contribution in [0.3, 0.4) is 0 Å². The normalized spacial score (nSPS) is 28.6. The molecule has 2 aliphatic heterocycles. The average Bonchev–Trinajstić information content (AvgIpc) is 3.75. The minimum atomic E-state index is -4.59. The fourth-order valence-corrected chi connectivity index (χ4v) is 10.9. The van der Waals surface area contributed by atoms with E-state index in [1.807, 2.05) is 54.6 Å².